The summed E-state index contributed by atoms with van der Waals surface area (Å²) in [4.78, 5) is 14.0. The fraction of sp³-hybridized carbons (Fsp3) is 0.500. The highest BCUT2D eigenvalue weighted by molar-refractivity contribution is 6.00. The lowest BCUT2D eigenvalue weighted by Crippen LogP contribution is -2.47. The van der Waals surface area contributed by atoms with Crippen LogP contribution in [0.3, 0.4) is 0 Å². The second kappa shape index (κ2) is 6.04. The minimum atomic E-state index is -0.976. The first kappa shape index (κ1) is 15.5. The molecule has 0 spiro atoms. The number of likely N-dealkylation sites (N-methyl/N-ethyl adjacent to an activating group) is 1. The number of nitrogen functional groups attached to an aromatic ring is 1. The number of carbonyl (C=O) groups excluding carboxylic acids is 1. The summed E-state index contributed by atoms with van der Waals surface area (Å²) in [6.07, 6.45) is 0. The molecule has 1 aromatic rings. The molecule has 1 rings (SSSR count). The van der Waals surface area contributed by atoms with Gasteiger partial charge in [0.05, 0.1) is 11.2 Å². The molecule has 1 amide bonds. The van der Waals surface area contributed by atoms with E-state index in [1.165, 1.54) is 0 Å². The number of anilines is 1. The van der Waals surface area contributed by atoms with E-state index < -0.39 is 5.60 Å². The molecule has 0 radical (unpaired) electrons. The van der Waals surface area contributed by atoms with Gasteiger partial charge >= 0.3 is 0 Å². The lowest BCUT2D eigenvalue weighted by molar-refractivity contribution is 0.0326. The van der Waals surface area contributed by atoms with E-state index in [9.17, 15) is 9.90 Å². The zero-order valence-corrected chi connectivity index (χ0v) is 12.0. The maximum Gasteiger partial charge on any atom is 0.253 e. The van der Waals surface area contributed by atoms with E-state index in [0.717, 1.165) is 5.56 Å². The standard InChI is InChI=1S/C14H23N3O2/c1-10-6-5-7-11(15)12(10)13(18)16-8-14(2,19)9-17(3)4/h5-7,19H,8-9,15H2,1-4H3,(H,16,18). The summed E-state index contributed by atoms with van der Waals surface area (Å²) >= 11 is 0. The second-order valence-corrected chi connectivity index (χ2v) is 5.46. The van der Waals surface area contributed by atoms with Crippen LogP contribution in [-0.4, -0.2) is 48.7 Å². The predicted octanol–water partition coefficient (Wildman–Crippen LogP) is 0.620. The van der Waals surface area contributed by atoms with Crippen molar-refractivity contribution in [2.45, 2.75) is 19.4 Å². The number of nitrogens with two attached hydrogens (primary N) is 1. The molecular weight excluding hydrogens is 242 g/mol. The number of rotatable bonds is 5. The molecule has 19 heavy (non-hydrogen) atoms. The van der Waals surface area contributed by atoms with Gasteiger partial charge in [-0.15, -0.1) is 0 Å². The van der Waals surface area contributed by atoms with E-state index in [-0.39, 0.29) is 12.5 Å². The molecule has 0 saturated heterocycles. The van der Waals surface area contributed by atoms with Crippen molar-refractivity contribution in [2.24, 2.45) is 0 Å². The van der Waals surface area contributed by atoms with E-state index in [0.29, 0.717) is 17.8 Å². The third-order valence-corrected chi connectivity index (χ3v) is 2.82. The van der Waals surface area contributed by atoms with Crippen molar-refractivity contribution in [1.82, 2.24) is 10.2 Å². The smallest absolute Gasteiger partial charge is 0.253 e. The number of nitrogens with one attached hydrogen (secondary N) is 1. The fourth-order valence-electron chi connectivity index (χ4n) is 2.10. The van der Waals surface area contributed by atoms with Crippen LogP contribution in [0.5, 0.6) is 0 Å². The molecule has 0 aliphatic heterocycles. The first-order valence-corrected chi connectivity index (χ1v) is 6.23. The normalized spacial score (nSPS) is 14.2. The zero-order chi connectivity index (χ0) is 14.6. The SMILES string of the molecule is Cc1cccc(N)c1C(=O)NCC(C)(O)CN(C)C. The topological polar surface area (TPSA) is 78.6 Å². The maximum atomic E-state index is 12.1. The summed E-state index contributed by atoms with van der Waals surface area (Å²) in [6.45, 7) is 4.17. The summed E-state index contributed by atoms with van der Waals surface area (Å²) in [5.41, 5.74) is 6.58. The third-order valence-electron chi connectivity index (χ3n) is 2.82. The van der Waals surface area contributed by atoms with Crippen molar-refractivity contribution in [2.75, 3.05) is 32.9 Å². The molecule has 0 fully saturated rings. The van der Waals surface area contributed by atoms with Crippen LogP contribution in [-0.2, 0) is 0 Å². The number of aliphatic hydroxyl groups is 1. The molecule has 5 nitrogen and oxygen atoms in total. The molecule has 0 saturated carbocycles. The van der Waals surface area contributed by atoms with Gasteiger partial charge < -0.3 is 21.1 Å². The lowest BCUT2D eigenvalue weighted by Gasteiger charge is -2.27. The number of carbonyl (C=O) groups is 1. The quantitative estimate of drug-likeness (QED) is 0.682. The van der Waals surface area contributed by atoms with Crippen molar-refractivity contribution in [3.63, 3.8) is 0 Å². The largest absolute Gasteiger partial charge is 0.398 e. The molecule has 1 atom stereocenters. The number of aryl methyl sites for hydroxylation is 1. The molecule has 5 heteroatoms. The van der Waals surface area contributed by atoms with Crippen LogP contribution in [0.25, 0.3) is 0 Å². The van der Waals surface area contributed by atoms with Crippen LogP contribution in [0.1, 0.15) is 22.8 Å². The van der Waals surface area contributed by atoms with E-state index in [4.69, 9.17) is 5.73 Å². The Morgan fingerprint density at radius 1 is 1.47 bits per heavy atom. The Morgan fingerprint density at radius 3 is 2.63 bits per heavy atom. The third kappa shape index (κ3) is 4.54. The Balaban J connectivity index is 2.71. The molecule has 0 aromatic heterocycles. The van der Waals surface area contributed by atoms with Crippen molar-refractivity contribution in [3.8, 4) is 0 Å². The Morgan fingerprint density at radius 2 is 2.11 bits per heavy atom. The Hall–Kier alpha value is -1.59. The monoisotopic (exact) mass is 265 g/mol. The van der Waals surface area contributed by atoms with Gasteiger partial charge in [0.15, 0.2) is 0 Å². The lowest BCUT2D eigenvalue weighted by atomic mass is 10.0. The van der Waals surface area contributed by atoms with Crippen LogP contribution in [0.4, 0.5) is 5.69 Å². The molecule has 0 heterocycles. The van der Waals surface area contributed by atoms with Crippen molar-refractivity contribution >= 4 is 11.6 Å². The summed E-state index contributed by atoms with van der Waals surface area (Å²) in [5.74, 6) is -0.255. The first-order valence-electron chi connectivity index (χ1n) is 6.23. The summed E-state index contributed by atoms with van der Waals surface area (Å²) in [5, 5.41) is 12.9. The molecule has 4 N–H and O–H groups in total. The van der Waals surface area contributed by atoms with Crippen LogP contribution >= 0.6 is 0 Å². The zero-order valence-electron chi connectivity index (χ0n) is 12.0. The van der Waals surface area contributed by atoms with E-state index in [2.05, 4.69) is 5.32 Å². The highest BCUT2D eigenvalue weighted by Gasteiger charge is 2.23. The van der Waals surface area contributed by atoms with Crippen molar-refractivity contribution in [1.29, 1.82) is 0 Å². The van der Waals surface area contributed by atoms with Gasteiger partial charge in [0.1, 0.15) is 0 Å². The van der Waals surface area contributed by atoms with Crippen LogP contribution in [0, 0.1) is 6.92 Å². The number of hydrogen-bond acceptors (Lipinski definition) is 4. The van der Waals surface area contributed by atoms with Gasteiger partial charge in [-0.25, -0.2) is 0 Å². The van der Waals surface area contributed by atoms with Gasteiger partial charge in [-0.1, -0.05) is 12.1 Å². The minimum Gasteiger partial charge on any atom is -0.398 e. The van der Waals surface area contributed by atoms with E-state index >= 15 is 0 Å². The van der Waals surface area contributed by atoms with Gasteiger partial charge in [0, 0.05) is 18.8 Å². The number of hydrogen-bond donors (Lipinski definition) is 3. The van der Waals surface area contributed by atoms with E-state index in [1.54, 1.807) is 13.0 Å². The van der Waals surface area contributed by atoms with Gasteiger partial charge in [0.2, 0.25) is 0 Å². The maximum absolute atomic E-state index is 12.1. The molecule has 0 aliphatic carbocycles. The number of amides is 1. The fourth-order valence-corrected chi connectivity index (χ4v) is 2.10. The molecule has 0 aliphatic rings. The van der Waals surface area contributed by atoms with Gasteiger partial charge in [0.25, 0.3) is 5.91 Å². The highest BCUT2D eigenvalue weighted by atomic mass is 16.3. The van der Waals surface area contributed by atoms with Crippen LogP contribution in [0.15, 0.2) is 18.2 Å². The van der Waals surface area contributed by atoms with Gasteiger partial charge in [-0.3, -0.25) is 4.79 Å². The minimum absolute atomic E-state index is 0.178. The predicted molar refractivity (Wildman–Crippen MR) is 77.1 cm³/mol. The Bertz CT molecular complexity index is 436. The van der Waals surface area contributed by atoms with Crippen molar-refractivity contribution in [3.05, 3.63) is 29.3 Å². The Labute approximate surface area is 114 Å². The van der Waals surface area contributed by atoms with Crippen molar-refractivity contribution < 1.29 is 9.90 Å². The Kier molecular flexibility index (Phi) is 4.91. The van der Waals surface area contributed by atoms with Crippen LogP contribution < -0.4 is 11.1 Å². The summed E-state index contributed by atoms with van der Waals surface area (Å²) in [6, 6.07) is 5.34. The number of nitrogens with zero attached hydrogens (tertiary/aromatic N) is 1. The summed E-state index contributed by atoms with van der Waals surface area (Å²) < 4.78 is 0. The molecule has 1 aromatic carbocycles. The number of benzene rings is 1. The average molecular weight is 265 g/mol. The average Bonchev–Trinajstić information content (AvgIpc) is 2.24. The van der Waals surface area contributed by atoms with E-state index in [1.807, 2.05) is 38.1 Å². The molecule has 1 unspecified atom stereocenters. The summed E-state index contributed by atoms with van der Waals surface area (Å²) in [7, 11) is 3.74. The second-order valence-electron chi connectivity index (χ2n) is 5.46. The van der Waals surface area contributed by atoms with Crippen LogP contribution in [0.2, 0.25) is 0 Å². The molecule has 106 valence electrons. The first-order chi connectivity index (χ1) is 8.73. The molecule has 0 bridgehead atoms. The van der Waals surface area contributed by atoms with Gasteiger partial charge in [-0.2, -0.15) is 0 Å². The molecular formula is C14H23N3O2. The van der Waals surface area contributed by atoms with Gasteiger partial charge in [-0.05, 0) is 39.6 Å². The highest BCUT2D eigenvalue weighted by Crippen LogP contribution is 2.16.